The van der Waals surface area contributed by atoms with Gasteiger partial charge in [-0.15, -0.1) is 0 Å². The molecular formula is C6H12O. The number of hydrogen-bond acceptors (Lipinski definition) is 1. The van der Waals surface area contributed by atoms with E-state index in [1.807, 2.05) is 6.08 Å². The minimum absolute atomic E-state index is 0.432. The lowest BCUT2D eigenvalue weighted by molar-refractivity contribution is 0.411. The highest BCUT2D eigenvalue weighted by Gasteiger charge is 1.75. The summed E-state index contributed by atoms with van der Waals surface area (Å²) < 4.78 is 0. The van der Waals surface area contributed by atoms with Gasteiger partial charge in [-0.3, -0.25) is 0 Å². The number of aliphatic hydroxyl groups excluding tert-OH is 1. The topological polar surface area (TPSA) is 20.2 Å². The number of rotatable bonds is 2. The van der Waals surface area contributed by atoms with Crippen LogP contribution in [0.3, 0.4) is 0 Å². The zero-order valence-electron chi connectivity index (χ0n) is 4.94. The van der Waals surface area contributed by atoms with Crippen LogP contribution in [0.1, 0.15) is 26.7 Å². The maximum atomic E-state index is 8.54. The van der Waals surface area contributed by atoms with Crippen molar-refractivity contribution in [3.8, 4) is 0 Å². The van der Waals surface area contributed by atoms with Crippen LogP contribution in [0.15, 0.2) is 11.8 Å². The minimum Gasteiger partial charge on any atom is -0.513 e. The summed E-state index contributed by atoms with van der Waals surface area (Å²) in [5, 5.41) is 8.54. The Labute approximate surface area is 44.7 Å². The Bertz CT molecular complexity index is 60.6. The molecule has 0 aliphatic heterocycles. The lowest BCUT2D eigenvalue weighted by Crippen LogP contribution is -1.68. The lowest BCUT2D eigenvalue weighted by Gasteiger charge is -1.84. The van der Waals surface area contributed by atoms with Crippen LogP contribution in [0.4, 0.5) is 0 Å². The second kappa shape index (κ2) is 3.72. The van der Waals surface area contributed by atoms with Crippen LogP contribution >= 0.6 is 0 Å². The Morgan fingerprint density at radius 1 is 1.71 bits per heavy atom. The van der Waals surface area contributed by atoms with Crippen LogP contribution in [0.25, 0.3) is 0 Å². The van der Waals surface area contributed by atoms with Crippen molar-refractivity contribution in [2.45, 2.75) is 26.7 Å². The summed E-state index contributed by atoms with van der Waals surface area (Å²) in [6.45, 7) is 3.77. The minimum atomic E-state index is 0.432. The summed E-state index contributed by atoms with van der Waals surface area (Å²) in [7, 11) is 0. The molecule has 0 saturated heterocycles. The van der Waals surface area contributed by atoms with Crippen LogP contribution in [0.2, 0.25) is 0 Å². The molecule has 0 spiro atoms. The first-order valence-electron chi connectivity index (χ1n) is 2.63. The molecule has 1 nitrogen and oxygen atoms in total. The van der Waals surface area contributed by atoms with E-state index in [4.69, 9.17) is 5.11 Å². The van der Waals surface area contributed by atoms with Gasteiger partial charge in [0.2, 0.25) is 0 Å². The van der Waals surface area contributed by atoms with Crippen molar-refractivity contribution < 1.29 is 5.11 Å². The average molecular weight is 100 g/mol. The second-order valence-corrected chi connectivity index (χ2v) is 1.63. The predicted molar refractivity (Wildman–Crippen MR) is 31.3 cm³/mol. The highest BCUT2D eigenvalue weighted by molar-refractivity contribution is 4.84. The van der Waals surface area contributed by atoms with Crippen LogP contribution in [-0.2, 0) is 0 Å². The molecular weight excluding hydrogens is 88.1 g/mol. The highest BCUT2D eigenvalue weighted by Crippen LogP contribution is 1.91. The van der Waals surface area contributed by atoms with Gasteiger partial charge in [-0.2, -0.15) is 0 Å². The van der Waals surface area contributed by atoms with Gasteiger partial charge in [0.1, 0.15) is 0 Å². The van der Waals surface area contributed by atoms with Gasteiger partial charge in [0, 0.05) is 0 Å². The van der Waals surface area contributed by atoms with Gasteiger partial charge < -0.3 is 5.11 Å². The molecule has 0 aliphatic rings. The van der Waals surface area contributed by atoms with Crippen molar-refractivity contribution in [2.75, 3.05) is 0 Å². The number of allylic oxidation sites excluding steroid dienone is 2. The van der Waals surface area contributed by atoms with Crippen molar-refractivity contribution in [1.29, 1.82) is 0 Å². The van der Waals surface area contributed by atoms with Crippen LogP contribution < -0.4 is 0 Å². The Morgan fingerprint density at radius 2 is 2.29 bits per heavy atom. The first-order valence-corrected chi connectivity index (χ1v) is 2.63. The smallest absolute Gasteiger partial charge is 0.0851 e. The van der Waals surface area contributed by atoms with Gasteiger partial charge in [0.25, 0.3) is 0 Å². The zero-order chi connectivity index (χ0) is 5.70. The number of aliphatic hydroxyl groups is 1. The van der Waals surface area contributed by atoms with Crippen LogP contribution in [0.5, 0.6) is 0 Å². The monoisotopic (exact) mass is 100 g/mol. The third-order valence-electron chi connectivity index (χ3n) is 0.728. The number of hydrogen-bond donors (Lipinski definition) is 1. The molecule has 0 heterocycles. The van der Waals surface area contributed by atoms with Gasteiger partial charge in [0.15, 0.2) is 0 Å². The lowest BCUT2D eigenvalue weighted by atomic mass is 10.3. The fraction of sp³-hybridized carbons (Fsp3) is 0.667. The first-order chi connectivity index (χ1) is 3.27. The SMILES string of the molecule is CCCC=C(C)O. The van der Waals surface area contributed by atoms with E-state index < -0.39 is 0 Å². The molecule has 0 radical (unpaired) electrons. The normalized spacial score (nSPS) is 12.0. The molecule has 1 N–H and O–H groups in total. The van der Waals surface area contributed by atoms with Gasteiger partial charge in [-0.1, -0.05) is 13.3 Å². The van der Waals surface area contributed by atoms with E-state index in [2.05, 4.69) is 6.92 Å². The van der Waals surface area contributed by atoms with E-state index in [1.54, 1.807) is 6.92 Å². The van der Waals surface area contributed by atoms with Crippen molar-refractivity contribution in [3.63, 3.8) is 0 Å². The molecule has 0 atom stereocenters. The number of unbranched alkanes of at least 4 members (excludes halogenated alkanes) is 1. The van der Waals surface area contributed by atoms with Crippen molar-refractivity contribution in [3.05, 3.63) is 11.8 Å². The van der Waals surface area contributed by atoms with E-state index in [0.29, 0.717) is 5.76 Å². The molecule has 0 bridgehead atoms. The van der Waals surface area contributed by atoms with Crippen molar-refractivity contribution in [1.82, 2.24) is 0 Å². The molecule has 1 heteroatoms. The van der Waals surface area contributed by atoms with E-state index in [9.17, 15) is 0 Å². The molecule has 0 saturated carbocycles. The Kier molecular flexibility index (Phi) is 3.48. The van der Waals surface area contributed by atoms with E-state index in [-0.39, 0.29) is 0 Å². The highest BCUT2D eigenvalue weighted by atomic mass is 16.3. The fourth-order valence-electron chi connectivity index (χ4n) is 0.353. The van der Waals surface area contributed by atoms with Gasteiger partial charge in [0.05, 0.1) is 5.76 Å². The van der Waals surface area contributed by atoms with Crippen LogP contribution in [0, 0.1) is 0 Å². The maximum absolute atomic E-state index is 8.54. The van der Waals surface area contributed by atoms with E-state index >= 15 is 0 Å². The Hall–Kier alpha value is -0.460. The summed E-state index contributed by atoms with van der Waals surface area (Å²) >= 11 is 0. The average Bonchev–Trinajstić information content (AvgIpc) is 1.61. The maximum Gasteiger partial charge on any atom is 0.0851 e. The van der Waals surface area contributed by atoms with Crippen molar-refractivity contribution in [2.24, 2.45) is 0 Å². The summed E-state index contributed by atoms with van der Waals surface area (Å²) in [5.41, 5.74) is 0. The summed E-state index contributed by atoms with van der Waals surface area (Å²) in [6, 6.07) is 0. The van der Waals surface area contributed by atoms with E-state index in [1.165, 1.54) is 0 Å². The molecule has 42 valence electrons. The standard InChI is InChI=1S/C6H12O/c1-3-4-5-6(2)7/h5,7H,3-4H2,1-2H3. The van der Waals surface area contributed by atoms with Crippen LogP contribution in [-0.4, -0.2) is 5.11 Å². The summed E-state index contributed by atoms with van der Waals surface area (Å²) in [4.78, 5) is 0. The summed E-state index contributed by atoms with van der Waals surface area (Å²) in [5.74, 6) is 0.432. The van der Waals surface area contributed by atoms with Gasteiger partial charge in [-0.25, -0.2) is 0 Å². The van der Waals surface area contributed by atoms with E-state index in [0.717, 1.165) is 12.8 Å². The fourth-order valence-corrected chi connectivity index (χ4v) is 0.353. The zero-order valence-corrected chi connectivity index (χ0v) is 4.94. The second-order valence-electron chi connectivity index (χ2n) is 1.63. The Balaban J connectivity index is 3.08. The van der Waals surface area contributed by atoms with Gasteiger partial charge in [-0.05, 0) is 19.4 Å². The predicted octanol–water partition coefficient (Wildman–Crippen LogP) is 2.25. The molecule has 0 amide bonds. The third kappa shape index (κ3) is 5.54. The summed E-state index contributed by atoms with van der Waals surface area (Å²) in [6.07, 6.45) is 3.92. The molecule has 0 aromatic carbocycles. The molecule has 0 aromatic heterocycles. The van der Waals surface area contributed by atoms with Crippen molar-refractivity contribution >= 4 is 0 Å². The molecule has 0 aromatic rings. The largest absolute Gasteiger partial charge is 0.513 e. The van der Waals surface area contributed by atoms with Gasteiger partial charge >= 0.3 is 0 Å². The molecule has 0 fully saturated rings. The molecule has 0 rings (SSSR count). The quantitative estimate of drug-likeness (QED) is 0.527. The first kappa shape index (κ1) is 6.54. The molecule has 0 unspecified atom stereocenters. The molecule has 7 heavy (non-hydrogen) atoms. The Morgan fingerprint density at radius 3 is 2.43 bits per heavy atom. The third-order valence-corrected chi connectivity index (χ3v) is 0.728. The molecule has 0 aliphatic carbocycles.